The molecule has 3 rings (SSSR count). The van der Waals surface area contributed by atoms with E-state index in [0.717, 1.165) is 18.4 Å². The Labute approximate surface area is 214 Å². The standard InChI is InChI=1S/C27H27ClN2O4S/c1-3-5-15-34-22(31)17-35-26-20(16-29)23(19-13-9-10-14-21(19)28)24(27(32)33-4-2)25(30-26)18-11-7-6-8-12-18/h6-14,23,30H,3-5,15,17H2,1-2H3/t23-/m1/s1. The van der Waals surface area contributed by atoms with Crippen molar-refractivity contribution in [3.05, 3.63) is 86.9 Å². The Bertz CT molecular complexity index is 1170. The number of thioether (sulfide) groups is 1. The molecule has 1 atom stereocenters. The van der Waals surface area contributed by atoms with E-state index in [-0.39, 0.29) is 29.5 Å². The van der Waals surface area contributed by atoms with Gasteiger partial charge in [0.2, 0.25) is 0 Å². The first kappa shape index (κ1) is 26.4. The van der Waals surface area contributed by atoms with E-state index in [1.54, 1.807) is 31.2 Å². The Balaban J connectivity index is 2.12. The molecule has 1 N–H and O–H groups in total. The lowest BCUT2D eigenvalue weighted by atomic mass is 9.81. The number of nitriles is 1. The number of rotatable bonds is 10. The van der Waals surface area contributed by atoms with Gasteiger partial charge in [-0.25, -0.2) is 4.79 Å². The summed E-state index contributed by atoms with van der Waals surface area (Å²) in [6.45, 7) is 4.29. The normalized spacial score (nSPS) is 15.3. The van der Waals surface area contributed by atoms with E-state index in [2.05, 4.69) is 11.4 Å². The highest BCUT2D eigenvalue weighted by Gasteiger charge is 2.38. The number of nitrogens with zero attached hydrogens (tertiary/aromatic N) is 1. The van der Waals surface area contributed by atoms with Crippen LogP contribution in [0.3, 0.4) is 0 Å². The van der Waals surface area contributed by atoms with Gasteiger partial charge in [-0.1, -0.05) is 85.2 Å². The fraction of sp³-hybridized carbons (Fsp3) is 0.296. The van der Waals surface area contributed by atoms with E-state index < -0.39 is 11.9 Å². The number of nitrogens with one attached hydrogen (secondary N) is 1. The smallest absolute Gasteiger partial charge is 0.337 e. The molecule has 0 spiro atoms. The molecule has 2 aromatic rings. The molecule has 0 bridgehead atoms. The molecule has 0 saturated heterocycles. The van der Waals surface area contributed by atoms with Crippen LogP contribution >= 0.6 is 23.4 Å². The summed E-state index contributed by atoms with van der Waals surface area (Å²) < 4.78 is 10.7. The van der Waals surface area contributed by atoms with Crippen molar-refractivity contribution in [2.75, 3.05) is 19.0 Å². The van der Waals surface area contributed by atoms with Crippen molar-refractivity contribution in [3.8, 4) is 6.07 Å². The maximum atomic E-state index is 13.3. The van der Waals surface area contributed by atoms with Crippen LogP contribution in [0.5, 0.6) is 0 Å². The molecule has 0 aliphatic carbocycles. The summed E-state index contributed by atoms with van der Waals surface area (Å²) in [6.07, 6.45) is 1.71. The van der Waals surface area contributed by atoms with Crippen molar-refractivity contribution in [3.63, 3.8) is 0 Å². The predicted octanol–water partition coefficient (Wildman–Crippen LogP) is 5.81. The van der Waals surface area contributed by atoms with Gasteiger partial charge in [0, 0.05) is 5.02 Å². The molecular formula is C27H27ClN2O4S. The van der Waals surface area contributed by atoms with Crippen molar-refractivity contribution in [2.45, 2.75) is 32.6 Å². The predicted molar refractivity (Wildman–Crippen MR) is 138 cm³/mol. The number of dihydropyridines is 1. The van der Waals surface area contributed by atoms with E-state index >= 15 is 0 Å². The van der Waals surface area contributed by atoms with Crippen LogP contribution in [-0.2, 0) is 19.1 Å². The molecule has 35 heavy (non-hydrogen) atoms. The van der Waals surface area contributed by atoms with Gasteiger partial charge in [-0.2, -0.15) is 5.26 Å². The molecular weight excluding hydrogens is 484 g/mol. The molecule has 0 aromatic heterocycles. The van der Waals surface area contributed by atoms with Gasteiger partial charge in [-0.05, 0) is 30.5 Å². The topological polar surface area (TPSA) is 88.4 Å². The van der Waals surface area contributed by atoms with Crippen molar-refractivity contribution in [1.29, 1.82) is 5.26 Å². The van der Waals surface area contributed by atoms with Crippen LogP contribution < -0.4 is 5.32 Å². The molecule has 0 radical (unpaired) electrons. The van der Waals surface area contributed by atoms with Crippen LogP contribution in [0, 0.1) is 11.3 Å². The van der Waals surface area contributed by atoms with E-state index in [1.807, 2.05) is 37.3 Å². The van der Waals surface area contributed by atoms with Crippen LogP contribution in [0.15, 0.2) is 70.8 Å². The summed E-state index contributed by atoms with van der Waals surface area (Å²) in [7, 11) is 0. The third-order valence-corrected chi connectivity index (χ3v) is 6.65. The molecule has 1 aliphatic rings. The molecule has 1 aliphatic heterocycles. The lowest BCUT2D eigenvalue weighted by Gasteiger charge is -2.31. The van der Waals surface area contributed by atoms with Crippen LogP contribution in [-0.4, -0.2) is 30.9 Å². The van der Waals surface area contributed by atoms with Gasteiger partial charge >= 0.3 is 11.9 Å². The van der Waals surface area contributed by atoms with Crippen LogP contribution in [0.25, 0.3) is 5.70 Å². The Kier molecular flexibility index (Phi) is 9.83. The number of halogens is 1. The van der Waals surface area contributed by atoms with E-state index in [0.29, 0.717) is 27.9 Å². The van der Waals surface area contributed by atoms with Crippen molar-refractivity contribution >= 4 is 41.0 Å². The minimum absolute atomic E-state index is 0.0171. The first-order chi connectivity index (χ1) is 17.0. The summed E-state index contributed by atoms with van der Waals surface area (Å²) in [5, 5.41) is 14.4. The molecule has 8 heteroatoms. The highest BCUT2D eigenvalue weighted by Crippen LogP contribution is 2.45. The number of hydrogen-bond donors (Lipinski definition) is 1. The van der Waals surface area contributed by atoms with Gasteiger partial charge in [0.05, 0.1) is 52.8 Å². The first-order valence-corrected chi connectivity index (χ1v) is 12.8. The average molecular weight is 511 g/mol. The minimum atomic E-state index is -0.775. The maximum absolute atomic E-state index is 13.3. The van der Waals surface area contributed by atoms with E-state index in [1.165, 1.54) is 11.8 Å². The van der Waals surface area contributed by atoms with E-state index in [9.17, 15) is 14.9 Å². The zero-order valence-electron chi connectivity index (χ0n) is 19.7. The Morgan fingerprint density at radius 2 is 1.80 bits per heavy atom. The molecule has 182 valence electrons. The summed E-state index contributed by atoms with van der Waals surface area (Å²) in [5.74, 6) is -1.67. The number of esters is 2. The molecule has 0 saturated carbocycles. The summed E-state index contributed by atoms with van der Waals surface area (Å²) in [6, 6.07) is 18.7. The van der Waals surface area contributed by atoms with Crippen LogP contribution in [0.4, 0.5) is 0 Å². The highest BCUT2D eigenvalue weighted by atomic mass is 35.5. The monoisotopic (exact) mass is 510 g/mol. The van der Waals surface area contributed by atoms with Crippen molar-refractivity contribution in [2.24, 2.45) is 0 Å². The number of allylic oxidation sites excluding steroid dienone is 1. The highest BCUT2D eigenvalue weighted by molar-refractivity contribution is 8.03. The van der Waals surface area contributed by atoms with Gasteiger partial charge in [0.1, 0.15) is 0 Å². The number of hydrogen-bond acceptors (Lipinski definition) is 7. The number of benzene rings is 2. The third-order valence-electron chi connectivity index (χ3n) is 5.32. The maximum Gasteiger partial charge on any atom is 0.337 e. The fourth-order valence-electron chi connectivity index (χ4n) is 3.68. The van der Waals surface area contributed by atoms with E-state index in [4.69, 9.17) is 21.1 Å². The Morgan fingerprint density at radius 3 is 2.46 bits per heavy atom. The largest absolute Gasteiger partial charge is 0.465 e. The number of ether oxygens (including phenoxy) is 2. The average Bonchev–Trinajstić information content (AvgIpc) is 2.87. The van der Waals surface area contributed by atoms with Gasteiger partial charge in [-0.3, -0.25) is 4.79 Å². The zero-order chi connectivity index (χ0) is 25.2. The zero-order valence-corrected chi connectivity index (χ0v) is 21.2. The van der Waals surface area contributed by atoms with Gasteiger partial charge < -0.3 is 14.8 Å². The lowest BCUT2D eigenvalue weighted by Crippen LogP contribution is -2.29. The molecule has 2 aromatic carbocycles. The number of carbonyl (C=O) groups excluding carboxylic acids is 2. The van der Waals surface area contributed by atoms with Gasteiger partial charge in [0.25, 0.3) is 0 Å². The SMILES string of the molecule is CCCCOC(=O)CSC1=C(C#N)[C@@H](c2ccccc2Cl)C(C(=O)OCC)=C(c2ccccc2)N1. The van der Waals surface area contributed by atoms with Crippen LogP contribution in [0.2, 0.25) is 5.02 Å². The van der Waals surface area contributed by atoms with Crippen molar-refractivity contribution in [1.82, 2.24) is 5.32 Å². The lowest BCUT2D eigenvalue weighted by molar-refractivity contribution is -0.140. The molecule has 0 unspecified atom stereocenters. The van der Waals surface area contributed by atoms with Crippen molar-refractivity contribution < 1.29 is 19.1 Å². The molecule has 0 fully saturated rings. The Hall–Kier alpha value is -3.21. The fourth-order valence-corrected chi connectivity index (χ4v) is 4.77. The number of carbonyl (C=O) groups is 2. The molecule has 6 nitrogen and oxygen atoms in total. The second kappa shape index (κ2) is 13.0. The first-order valence-electron chi connectivity index (χ1n) is 11.4. The van der Waals surface area contributed by atoms with Crippen LogP contribution in [0.1, 0.15) is 43.7 Å². The summed E-state index contributed by atoms with van der Waals surface area (Å²) >= 11 is 7.73. The molecule has 1 heterocycles. The quantitative estimate of drug-likeness (QED) is 0.318. The number of unbranched alkanes of at least 4 members (excludes halogenated alkanes) is 1. The summed E-state index contributed by atoms with van der Waals surface area (Å²) in [4.78, 5) is 25.6. The third kappa shape index (κ3) is 6.47. The molecule has 0 amide bonds. The minimum Gasteiger partial charge on any atom is -0.465 e. The summed E-state index contributed by atoms with van der Waals surface area (Å²) in [5.41, 5.74) is 2.43. The second-order valence-electron chi connectivity index (χ2n) is 7.67. The Morgan fingerprint density at radius 1 is 1.09 bits per heavy atom. The van der Waals surface area contributed by atoms with Gasteiger partial charge in [-0.15, -0.1) is 0 Å². The van der Waals surface area contributed by atoms with Gasteiger partial charge in [0.15, 0.2) is 0 Å². The second-order valence-corrected chi connectivity index (χ2v) is 9.06.